The highest BCUT2D eigenvalue weighted by Gasteiger charge is 2.16. The molecule has 0 aliphatic carbocycles. The molecule has 0 aliphatic rings. The van der Waals surface area contributed by atoms with Gasteiger partial charge >= 0.3 is 6.09 Å². The Hall–Kier alpha value is -1.27. The molecule has 0 unspecified atom stereocenters. The molecule has 0 atom stereocenters. The van der Waals surface area contributed by atoms with Crippen LogP contribution in [0.4, 0.5) is 4.79 Å². The van der Waals surface area contributed by atoms with Gasteiger partial charge in [0.05, 0.1) is 4.90 Å². The lowest BCUT2D eigenvalue weighted by Gasteiger charge is -2.19. The lowest BCUT2D eigenvalue weighted by molar-refractivity contribution is 0.0523. The molecule has 1 aromatic rings. The molecule has 0 fully saturated rings. The second kappa shape index (κ2) is 5.79. The average Bonchev–Trinajstić information content (AvgIpc) is 2.23. The Morgan fingerprint density at radius 1 is 1.37 bits per heavy atom. The first-order valence-corrected chi connectivity index (χ1v) is 7.89. The summed E-state index contributed by atoms with van der Waals surface area (Å²) < 4.78 is 27.4. The Bertz CT molecular complexity index is 563. The van der Waals surface area contributed by atoms with E-state index in [2.05, 4.69) is 5.32 Å². The monoisotopic (exact) mass is 305 g/mol. The maximum atomic E-state index is 11.4. The summed E-state index contributed by atoms with van der Waals surface area (Å²) in [5.41, 5.74) is 0.0402. The van der Waals surface area contributed by atoms with E-state index in [0.29, 0.717) is 5.56 Å². The summed E-state index contributed by atoms with van der Waals surface area (Å²) in [6.45, 7) is 5.43. The summed E-state index contributed by atoms with van der Waals surface area (Å²) in [4.78, 5) is 11.4. The molecule has 1 aromatic carbocycles. The Morgan fingerprint density at radius 3 is 2.53 bits per heavy atom. The van der Waals surface area contributed by atoms with Crippen LogP contribution < -0.4 is 5.32 Å². The number of hydrogen-bond acceptors (Lipinski definition) is 4. The van der Waals surface area contributed by atoms with Gasteiger partial charge in [-0.25, -0.2) is 13.2 Å². The SMILES string of the molecule is CC(C)(C)OC(=O)NCc1cccc(S(=O)(=O)Cl)c1. The van der Waals surface area contributed by atoms with Gasteiger partial charge < -0.3 is 10.1 Å². The fraction of sp³-hybridized carbons (Fsp3) is 0.417. The Kier molecular flexibility index (Phi) is 4.81. The van der Waals surface area contributed by atoms with E-state index in [-0.39, 0.29) is 11.4 Å². The summed E-state index contributed by atoms with van der Waals surface area (Å²) in [7, 11) is 1.48. The Labute approximate surface area is 117 Å². The zero-order valence-electron chi connectivity index (χ0n) is 10.9. The largest absolute Gasteiger partial charge is 0.444 e. The van der Waals surface area contributed by atoms with Crippen LogP contribution in [0.25, 0.3) is 0 Å². The topological polar surface area (TPSA) is 72.5 Å². The van der Waals surface area contributed by atoms with Crippen molar-refractivity contribution in [3.05, 3.63) is 29.8 Å². The first kappa shape index (κ1) is 15.8. The molecule has 1 rings (SSSR count). The molecule has 0 bridgehead atoms. The van der Waals surface area contributed by atoms with Crippen LogP contribution in [0.1, 0.15) is 26.3 Å². The molecule has 5 nitrogen and oxygen atoms in total. The molecule has 1 N–H and O–H groups in total. The van der Waals surface area contributed by atoms with Crippen molar-refractivity contribution in [1.29, 1.82) is 0 Å². The van der Waals surface area contributed by atoms with Gasteiger partial charge in [0, 0.05) is 17.2 Å². The Morgan fingerprint density at radius 2 is 2.00 bits per heavy atom. The third-order valence-electron chi connectivity index (χ3n) is 2.02. The second-order valence-corrected chi connectivity index (χ2v) is 7.51. The van der Waals surface area contributed by atoms with Gasteiger partial charge in [-0.15, -0.1) is 0 Å². The molecule has 106 valence electrons. The normalized spacial score (nSPS) is 12.0. The van der Waals surface area contributed by atoms with E-state index >= 15 is 0 Å². The standard InChI is InChI=1S/C12H16ClNO4S/c1-12(2,3)18-11(15)14-8-9-5-4-6-10(7-9)19(13,16)17/h4-7H,8H2,1-3H3,(H,14,15). The van der Waals surface area contributed by atoms with E-state index < -0.39 is 20.7 Å². The predicted molar refractivity (Wildman–Crippen MR) is 72.6 cm³/mol. The lowest BCUT2D eigenvalue weighted by atomic mass is 10.2. The zero-order chi connectivity index (χ0) is 14.7. The quantitative estimate of drug-likeness (QED) is 0.871. The smallest absolute Gasteiger partial charge is 0.407 e. The maximum Gasteiger partial charge on any atom is 0.407 e. The third-order valence-corrected chi connectivity index (χ3v) is 3.37. The molecule has 0 aliphatic heterocycles. The van der Waals surface area contributed by atoms with Gasteiger partial charge in [-0.2, -0.15) is 0 Å². The van der Waals surface area contributed by atoms with Gasteiger partial charge in [0.25, 0.3) is 9.05 Å². The maximum absolute atomic E-state index is 11.4. The predicted octanol–water partition coefficient (Wildman–Crippen LogP) is 2.64. The lowest BCUT2D eigenvalue weighted by Crippen LogP contribution is -2.32. The molecule has 7 heteroatoms. The molecule has 0 spiro atoms. The van der Waals surface area contributed by atoms with Crippen LogP contribution in [0, 0.1) is 0 Å². The van der Waals surface area contributed by atoms with Crippen LogP contribution >= 0.6 is 10.7 Å². The number of hydrogen-bond donors (Lipinski definition) is 1. The number of carbonyl (C=O) groups is 1. The van der Waals surface area contributed by atoms with E-state index in [4.69, 9.17) is 15.4 Å². The van der Waals surface area contributed by atoms with Gasteiger partial charge in [-0.1, -0.05) is 12.1 Å². The van der Waals surface area contributed by atoms with E-state index in [0.717, 1.165) is 0 Å². The molecule has 0 aromatic heterocycles. The van der Waals surface area contributed by atoms with Crippen LogP contribution in [-0.4, -0.2) is 20.1 Å². The number of rotatable bonds is 3. The zero-order valence-corrected chi connectivity index (χ0v) is 12.5. The molecule has 0 saturated carbocycles. The fourth-order valence-electron chi connectivity index (χ4n) is 1.30. The summed E-state index contributed by atoms with van der Waals surface area (Å²) in [6.07, 6.45) is -0.563. The van der Waals surface area contributed by atoms with Gasteiger partial charge in [-0.05, 0) is 38.5 Å². The van der Waals surface area contributed by atoms with Crippen molar-refractivity contribution in [3.8, 4) is 0 Å². The van der Waals surface area contributed by atoms with Crippen molar-refractivity contribution in [2.45, 2.75) is 37.8 Å². The van der Waals surface area contributed by atoms with Crippen LogP contribution in [0.15, 0.2) is 29.2 Å². The van der Waals surface area contributed by atoms with Crippen LogP contribution in [0.3, 0.4) is 0 Å². The minimum absolute atomic E-state index is 0.00217. The van der Waals surface area contributed by atoms with Gasteiger partial charge in [0.15, 0.2) is 0 Å². The summed E-state index contributed by atoms with van der Waals surface area (Å²) in [5.74, 6) is 0. The van der Waals surface area contributed by atoms with E-state index in [1.54, 1.807) is 32.9 Å². The van der Waals surface area contributed by atoms with Gasteiger partial charge in [0.1, 0.15) is 5.60 Å². The number of alkyl carbamates (subject to hydrolysis) is 1. The second-order valence-electron chi connectivity index (χ2n) is 4.94. The summed E-state index contributed by atoms with van der Waals surface area (Å²) in [5, 5.41) is 2.54. The molecule has 0 saturated heterocycles. The molecule has 0 radical (unpaired) electrons. The van der Waals surface area contributed by atoms with Crippen molar-refractivity contribution in [3.63, 3.8) is 0 Å². The molecule has 1 amide bonds. The highest BCUT2D eigenvalue weighted by Crippen LogP contribution is 2.16. The minimum Gasteiger partial charge on any atom is -0.444 e. The Balaban J connectivity index is 2.67. The summed E-state index contributed by atoms with van der Waals surface area (Å²) in [6, 6.07) is 6.03. The van der Waals surface area contributed by atoms with Crippen molar-refractivity contribution < 1.29 is 17.9 Å². The van der Waals surface area contributed by atoms with Crippen molar-refractivity contribution in [1.82, 2.24) is 5.32 Å². The number of ether oxygens (including phenoxy) is 1. The van der Waals surface area contributed by atoms with Crippen molar-refractivity contribution >= 4 is 25.8 Å². The molecular weight excluding hydrogens is 290 g/mol. The minimum atomic E-state index is -3.76. The molecular formula is C12H16ClNO4S. The van der Waals surface area contributed by atoms with Crippen molar-refractivity contribution in [2.75, 3.05) is 0 Å². The number of carbonyl (C=O) groups excluding carboxylic acids is 1. The van der Waals surface area contributed by atoms with E-state index in [1.165, 1.54) is 12.1 Å². The van der Waals surface area contributed by atoms with Gasteiger partial charge in [0.2, 0.25) is 0 Å². The van der Waals surface area contributed by atoms with Crippen LogP contribution in [0.5, 0.6) is 0 Å². The van der Waals surface area contributed by atoms with Gasteiger partial charge in [-0.3, -0.25) is 0 Å². The summed E-state index contributed by atoms with van der Waals surface area (Å²) >= 11 is 0. The van der Waals surface area contributed by atoms with Crippen molar-refractivity contribution in [2.24, 2.45) is 0 Å². The van der Waals surface area contributed by atoms with E-state index in [9.17, 15) is 13.2 Å². The average molecular weight is 306 g/mol. The molecule has 19 heavy (non-hydrogen) atoms. The molecule has 0 heterocycles. The number of benzene rings is 1. The van der Waals surface area contributed by atoms with Crippen LogP contribution in [0.2, 0.25) is 0 Å². The number of amides is 1. The van der Waals surface area contributed by atoms with Crippen LogP contribution in [-0.2, 0) is 20.3 Å². The first-order valence-electron chi connectivity index (χ1n) is 5.58. The van der Waals surface area contributed by atoms with E-state index in [1.807, 2.05) is 0 Å². The fourth-order valence-corrected chi connectivity index (χ4v) is 2.12. The highest BCUT2D eigenvalue weighted by atomic mass is 35.7. The number of halogens is 1. The third kappa shape index (κ3) is 5.94. The number of nitrogens with one attached hydrogen (secondary N) is 1. The first-order chi connectivity index (χ1) is 8.58. The highest BCUT2D eigenvalue weighted by molar-refractivity contribution is 8.13.